The standard InChI is InChI=1S/C10H22NOP/c1-5-8(3)7-9(4)11(6-2)10(12)13/h8-9H,5-7,13H2,1-4H3. The molecule has 1 amide bonds. The van der Waals surface area contributed by atoms with Crippen LogP contribution in [0.5, 0.6) is 0 Å². The average Bonchev–Trinajstić information content (AvgIpc) is 2.04. The molecule has 3 atom stereocenters. The smallest absolute Gasteiger partial charge is 0.237 e. The summed E-state index contributed by atoms with van der Waals surface area (Å²) in [6, 6.07) is 0.366. The molecule has 0 N–H and O–H groups in total. The first-order valence-electron chi connectivity index (χ1n) is 5.08. The minimum atomic E-state index is 0.110. The van der Waals surface area contributed by atoms with E-state index >= 15 is 0 Å². The average molecular weight is 203 g/mol. The zero-order valence-electron chi connectivity index (χ0n) is 9.21. The maximum Gasteiger partial charge on any atom is 0.237 e. The van der Waals surface area contributed by atoms with E-state index in [4.69, 9.17) is 0 Å². The molecule has 0 fully saturated rings. The summed E-state index contributed by atoms with van der Waals surface area (Å²) in [6.45, 7) is 9.38. The van der Waals surface area contributed by atoms with Crippen molar-refractivity contribution in [2.75, 3.05) is 6.54 Å². The van der Waals surface area contributed by atoms with Gasteiger partial charge in [0.2, 0.25) is 5.65 Å². The number of amides is 1. The molecule has 3 unspecified atom stereocenters. The number of hydrogen-bond donors (Lipinski definition) is 0. The first-order chi connectivity index (χ1) is 6.02. The predicted molar refractivity (Wildman–Crippen MR) is 61.0 cm³/mol. The molecular formula is C10H22NOP. The molecule has 13 heavy (non-hydrogen) atoms. The Morgan fingerprint density at radius 1 is 1.38 bits per heavy atom. The normalized spacial score (nSPS) is 15.2. The third-order valence-corrected chi connectivity index (χ3v) is 2.93. The molecule has 78 valence electrons. The van der Waals surface area contributed by atoms with E-state index in [1.165, 1.54) is 6.42 Å². The van der Waals surface area contributed by atoms with Gasteiger partial charge in [0.05, 0.1) is 0 Å². The third-order valence-electron chi connectivity index (χ3n) is 2.60. The fourth-order valence-corrected chi connectivity index (χ4v) is 2.00. The van der Waals surface area contributed by atoms with Crippen LogP contribution in [0.1, 0.15) is 40.5 Å². The molecule has 0 heterocycles. The first kappa shape index (κ1) is 12.9. The predicted octanol–water partition coefficient (Wildman–Crippen LogP) is 3.13. The molecule has 0 aliphatic heterocycles. The quantitative estimate of drug-likeness (QED) is 0.629. The van der Waals surface area contributed by atoms with Crippen LogP contribution < -0.4 is 0 Å². The molecule has 0 saturated heterocycles. The summed E-state index contributed by atoms with van der Waals surface area (Å²) < 4.78 is 0. The van der Waals surface area contributed by atoms with Crippen LogP contribution in [-0.4, -0.2) is 23.1 Å². The highest BCUT2D eigenvalue weighted by atomic mass is 31.0. The van der Waals surface area contributed by atoms with Gasteiger partial charge in [-0.2, -0.15) is 0 Å². The summed E-state index contributed by atoms with van der Waals surface area (Å²) >= 11 is 0. The maximum absolute atomic E-state index is 11.2. The van der Waals surface area contributed by atoms with Crippen LogP contribution >= 0.6 is 9.24 Å². The van der Waals surface area contributed by atoms with E-state index in [9.17, 15) is 4.79 Å². The Labute approximate surface area is 84.3 Å². The van der Waals surface area contributed by atoms with Gasteiger partial charge in [-0.15, -0.1) is 0 Å². The van der Waals surface area contributed by atoms with Gasteiger partial charge in [-0.05, 0) is 35.4 Å². The van der Waals surface area contributed by atoms with E-state index in [1.807, 2.05) is 11.8 Å². The van der Waals surface area contributed by atoms with E-state index < -0.39 is 0 Å². The van der Waals surface area contributed by atoms with Crippen molar-refractivity contribution in [3.05, 3.63) is 0 Å². The molecule has 0 aliphatic carbocycles. The van der Waals surface area contributed by atoms with Crippen LogP contribution in [0.3, 0.4) is 0 Å². The lowest BCUT2D eigenvalue weighted by Gasteiger charge is -2.28. The second kappa shape index (κ2) is 6.37. The lowest BCUT2D eigenvalue weighted by atomic mass is 10.00. The molecule has 2 nitrogen and oxygen atoms in total. The Morgan fingerprint density at radius 3 is 2.23 bits per heavy atom. The van der Waals surface area contributed by atoms with Gasteiger partial charge in [-0.25, -0.2) is 0 Å². The van der Waals surface area contributed by atoms with Crippen LogP contribution in [0.2, 0.25) is 0 Å². The van der Waals surface area contributed by atoms with Gasteiger partial charge in [-0.3, -0.25) is 4.79 Å². The minimum Gasteiger partial charge on any atom is -0.337 e. The van der Waals surface area contributed by atoms with E-state index in [2.05, 4.69) is 30.0 Å². The topological polar surface area (TPSA) is 20.3 Å². The summed E-state index contributed by atoms with van der Waals surface area (Å²) in [7, 11) is 2.25. The molecule has 0 aromatic carbocycles. The van der Waals surface area contributed by atoms with Crippen molar-refractivity contribution in [3.8, 4) is 0 Å². The molecule has 0 saturated carbocycles. The SMILES string of the molecule is CCC(C)CC(C)N(CC)C(=O)P. The molecule has 0 bridgehead atoms. The number of nitrogens with zero attached hydrogens (tertiary/aromatic N) is 1. The number of carbonyl (C=O) groups excluding carboxylic acids is 1. The van der Waals surface area contributed by atoms with Gasteiger partial charge in [0.25, 0.3) is 0 Å². The molecular weight excluding hydrogens is 181 g/mol. The van der Waals surface area contributed by atoms with Gasteiger partial charge in [-0.1, -0.05) is 20.3 Å². The Bertz CT molecular complexity index is 161. The van der Waals surface area contributed by atoms with Crippen molar-refractivity contribution in [2.45, 2.75) is 46.6 Å². The highest BCUT2D eigenvalue weighted by molar-refractivity contribution is 7.39. The third kappa shape index (κ3) is 4.61. The van der Waals surface area contributed by atoms with Gasteiger partial charge >= 0.3 is 0 Å². The first-order valence-corrected chi connectivity index (χ1v) is 5.66. The molecule has 0 spiro atoms. The van der Waals surface area contributed by atoms with E-state index in [-0.39, 0.29) is 5.65 Å². The van der Waals surface area contributed by atoms with Crippen molar-refractivity contribution < 1.29 is 4.79 Å². The Balaban J connectivity index is 4.05. The number of carbonyl (C=O) groups is 1. The Morgan fingerprint density at radius 2 is 1.92 bits per heavy atom. The van der Waals surface area contributed by atoms with Crippen LogP contribution in [0.4, 0.5) is 4.79 Å². The van der Waals surface area contributed by atoms with Crippen molar-refractivity contribution >= 4 is 14.9 Å². The van der Waals surface area contributed by atoms with Crippen molar-refractivity contribution in [2.24, 2.45) is 5.92 Å². The molecule has 0 aromatic rings. The number of hydrogen-bond acceptors (Lipinski definition) is 1. The molecule has 0 aliphatic rings. The van der Waals surface area contributed by atoms with E-state index in [0.29, 0.717) is 12.0 Å². The van der Waals surface area contributed by atoms with E-state index in [1.54, 1.807) is 0 Å². The van der Waals surface area contributed by atoms with Crippen LogP contribution in [0, 0.1) is 5.92 Å². The number of rotatable bonds is 5. The fraction of sp³-hybridized carbons (Fsp3) is 0.900. The zero-order valence-corrected chi connectivity index (χ0v) is 10.4. The minimum absolute atomic E-state index is 0.110. The summed E-state index contributed by atoms with van der Waals surface area (Å²) in [5.74, 6) is 0.702. The largest absolute Gasteiger partial charge is 0.337 e. The van der Waals surface area contributed by atoms with Crippen LogP contribution in [0.15, 0.2) is 0 Å². The van der Waals surface area contributed by atoms with Crippen LogP contribution in [0.25, 0.3) is 0 Å². The summed E-state index contributed by atoms with van der Waals surface area (Å²) in [4.78, 5) is 13.1. The lowest BCUT2D eigenvalue weighted by molar-refractivity contribution is 0.196. The van der Waals surface area contributed by atoms with Crippen molar-refractivity contribution in [1.82, 2.24) is 4.90 Å². The second-order valence-electron chi connectivity index (χ2n) is 3.72. The molecule has 0 aromatic heterocycles. The summed E-state index contributed by atoms with van der Waals surface area (Å²) in [5, 5.41) is 0. The van der Waals surface area contributed by atoms with Gasteiger partial charge in [0, 0.05) is 12.6 Å². The van der Waals surface area contributed by atoms with Crippen molar-refractivity contribution in [3.63, 3.8) is 0 Å². The summed E-state index contributed by atoms with van der Waals surface area (Å²) in [5.41, 5.74) is 0.110. The Kier molecular flexibility index (Phi) is 6.32. The second-order valence-corrected chi connectivity index (χ2v) is 4.22. The fourth-order valence-electron chi connectivity index (χ4n) is 1.56. The van der Waals surface area contributed by atoms with Gasteiger partial charge in [0.1, 0.15) is 0 Å². The zero-order chi connectivity index (χ0) is 10.4. The molecule has 3 heteroatoms. The molecule has 0 rings (SSSR count). The monoisotopic (exact) mass is 203 g/mol. The lowest BCUT2D eigenvalue weighted by Crippen LogP contribution is -2.35. The van der Waals surface area contributed by atoms with Gasteiger partial charge in [0.15, 0.2) is 0 Å². The molecule has 0 radical (unpaired) electrons. The summed E-state index contributed by atoms with van der Waals surface area (Å²) in [6.07, 6.45) is 2.29. The van der Waals surface area contributed by atoms with Gasteiger partial charge < -0.3 is 4.90 Å². The Hall–Kier alpha value is -0.100. The van der Waals surface area contributed by atoms with Crippen LogP contribution in [-0.2, 0) is 0 Å². The highest BCUT2D eigenvalue weighted by Crippen LogP contribution is 2.16. The maximum atomic E-state index is 11.2. The highest BCUT2D eigenvalue weighted by Gasteiger charge is 2.16. The van der Waals surface area contributed by atoms with E-state index in [0.717, 1.165) is 13.0 Å². The van der Waals surface area contributed by atoms with Crippen molar-refractivity contribution in [1.29, 1.82) is 0 Å².